The predicted molar refractivity (Wildman–Crippen MR) is 102 cm³/mol. The number of rotatable bonds is 3. The number of methoxy groups -OCH3 is 2. The van der Waals surface area contributed by atoms with E-state index in [0.717, 1.165) is 29.0 Å². The van der Waals surface area contributed by atoms with Crippen molar-refractivity contribution < 1.29 is 19.0 Å². The summed E-state index contributed by atoms with van der Waals surface area (Å²) in [7, 11) is 3.26. The third-order valence-corrected chi connectivity index (χ3v) is 5.42. The van der Waals surface area contributed by atoms with Crippen molar-refractivity contribution in [3.63, 3.8) is 0 Å². The molecule has 1 N–H and O–H groups in total. The summed E-state index contributed by atoms with van der Waals surface area (Å²) >= 11 is 0. The molecule has 6 nitrogen and oxygen atoms in total. The minimum atomic E-state index is -0.0956. The van der Waals surface area contributed by atoms with E-state index in [1.807, 2.05) is 42.2 Å². The van der Waals surface area contributed by atoms with Crippen molar-refractivity contribution in [3.05, 3.63) is 52.6 Å². The Morgan fingerprint density at radius 2 is 1.81 bits per heavy atom. The monoisotopic (exact) mass is 368 g/mol. The minimum absolute atomic E-state index is 0.0497. The summed E-state index contributed by atoms with van der Waals surface area (Å²) in [4.78, 5) is 14.8. The van der Waals surface area contributed by atoms with Gasteiger partial charge in [0.05, 0.1) is 33.5 Å². The third kappa shape index (κ3) is 3.21. The van der Waals surface area contributed by atoms with E-state index in [1.165, 1.54) is 11.1 Å². The number of hydrogen-bond acceptors (Lipinski definition) is 4. The summed E-state index contributed by atoms with van der Waals surface area (Å²) in [5.74, 6) is 1.41. The summed E-state index contributed by atoms with van der Waals surface area (Å²) in [5.41, 5.74) is 5.42. The van der Waals surface area contributed by atoms with Crippen molar-refractivity contribution in [2.45, 2.75) is 32.6 Å². The van der Waals surface area contributed by atoms with Crippen molar-refractivity contribution >= 4 is 11.7 Å². The van der Waals surface area contributed by atoms with Crippen LogP contribution in [0, 0.1) is 0 Å². The number of carbonyl (C=O) groups is 1. The standard InChI is InChI=1S/C21H24N2O4/c1-13-18-10-20(26-3)19(25-2)9-14(18)6-7-23(13)21(24)22-17-5-4-15-11-27-12-16(15)8-17/h4-5,8-10,13H,6-7,11-12H2,1-3H3,(H,22,24)/t13-/m1/s1. The topological polar surface area (TPSA) is 60.0 Å². The molecule has 2 aromatic rings. The van der Waals surface area contributed by atoms with Crippen LogP contribution >= 0.6 is 0 Å². The van der Waals surface area contributed by atoms with Gasteiger partial charge in [-0.1, -0.05) is 6.07 Å². The highest BCUT2D eigenvalue weighted by molar-refractivity contribution is 5.90. The Kier molecular flexibility index (Phi) is 4.66. The van der Waals surface area contributed by atoms with Crippen molar-refractivity contribution in [1.82, 2.24) is 4.90 Å². The van der Waals surface area contributed by atoms with Gasteiger partial charge in [-0.25, -0.2) is 4.79 Å². The molecule has 2 aliphatic rings. The van der Waals surface area contributed by atoms with Crippen LogP contribution in [0.4, 0.5) is 10.5 Å². The van der Waals surface area contributed by atoms with E-state index in [0.29, 0.717) is 25.5 Å². The lowest BCUT2D eigenvalue weighted by Crippen LogP contribution is -2.41. The van der Waals surface area contributed by atoms with E-state index in [1.54, 1.807) is 14.2 Å². The molecule has 27 heavy (non-hydrogen) atoms. The molecule has 2 aromatic carbocycles. The zero-order valence-electron chi connectivity index (χ0n) is 15.9. The minimum Gasteiger partial charge on any atom is -0.493 e. The Bertz CT molecular complexity index is 881. The van der Waals surface area contributed by atoms with Gasteiger partial charge in [0.25, 0.3) is 0 Å². The molecule has 2 aliphatic heterocycles. The number of nitrogens with zero attached hydrogens (tertiary/aromatic N) is 1. The van der Waals surface area contributed by atoms with E-state index < -0.39 is 0 Å². The van der Waals surface area contributed by atoms with Crippen LogP contribution in [0.3, 0.4) is 0 Å². The summed E-state index contributed by atoms with van der Waals surface area (Å²) in [5, 5.41) is 3.03. The number of hydrogen-bond donors (Lipinski definition) is 1. The summed E-state index contributed by atoms with van der Waals surface area (Å²) in [6.45, 7) is 3.95. The second kappa shape index (κ2) is 7.12. The Hall–Kier alpha value is -2.73. The van der Waals surface area contributed by atoms with Crippen LogP contribution < -0.4 is 14.8 Å². The molecular weight excluding hydrogens is 344 g/mol. The number of anilines is 1. The van der Waals surface area contributed by atoms with Gasteiger partial charge in [0.2, 0.25) is 0 Å². The zero-order valence-corrected chi connectivity index (χ0v) is 15.9. The quantitative estimate of drug-likeness (QED) is 0.893. The van der Waals surface area contributed by atoms with Gasteiger partial charge in [-0.15, -0.1) is 0 Å². The first-order chi connectivity index (χ1) is 13.1. The average molecular weight is 368 g/mol. The number of nitrogens with one attached hydrogen (secondary N) is 1. The third-order valence-electron chi connectivity index (χ3n) is 5.42. The normalized spacial score (nSPS) is 17.9. The van der Waals surface area contributed by atoms with Gasteiger partial charge in [-0.05, 0) is 59.9 Å². The van der Waals surface area contributed by atoms with Crippen LogP contribution in [0.5, 0.6) is 11.5 Å². The smallest absolute Gasteiger partial charge is 0.322 e. The summed E-state index contributed by atoms with van der Waals surface area (Å²) in [6.07, 6.45) is 0.783. The molecule has 0 spiro atoms. The fourth-order valence-electron chi connectivity index (χ4n) is 3.87. The molecule has 0 aliphatic carbocycles. The molecule has 0 saturated heterocycles. The molecule has 0 unspecified atom stereocenters. The van der Waals surface area contributed by atoms with Crippen LogP contribution in [-0.2, 0) is 24.4 Å². The molecule has 0 fully saturated rings. The molecule has 1 atom stereocenters. The van der Waals surface area contributed by atoms with E-state index in [4.69, 9.17) is 14.2 Å². The van der Waals surface area contributed by atoms with Gasteiger partial charge < -0.3 is 24.4 Å². The van der Waals surface area contributed by atoms with Crippen LogP contribution in [0.15, 0.2) is 30.3 Å². The number of ether oxygens (including phenoxy) is 3. The summed E-state index contributed by atoms with van der Waals surface area (Å²) in [6, 6.07) is 9.79. The Morgan fingerprint density at radius 3 is 2.59 bits per heavy atom. The van der Waals surface area contributed by atoms with Crippen LogP contribution in [-0.4, -0.2) is 31.7 Å². The lowest BCUT2D eigenvalue weighted by Gasteiger charge is -2.35. The lowest BCUT2D eigenvalue weighted by atomic mass is 9.93. The molecule has 0 radical (unpaired) electrons. The number of amides is 2. The first-order valence-electron chi connectivity index (χ1n) is 9.12. The lowest BCUT2D eigenvalue weighted by molar-refractivity contribution is 0.134. The van der Waals surface area contributed by atoms with Gasteiger partial charge in [0.15, 0.2) is 11.5 Å². The van der Waals surface area contributed by atoms with Crippen molar-refractivity contribution in [1.29, 1.82) is 0 Å². The van der Waals surface area contributed by atoms with E-state index in [-0.39, 0.29) is 12.1 Å². The number of urea groups is 1. The van der Waals surface area contributed by atoms with Gasteiger partial charge in [-0.3, -0.25) is 0 Å². The number of fused-ring (bicyclic) bond motifs is 2. The van der Waals surface area contributed by atoms with Gasteiger partial charge in [0.1, 0.15) is 0 Å². The van der Waals surface area contributed by atoms with Crippen LogP contribution in [0.1, 0.15) is 35.2 Å². The molecule has 6 heteroatoms. The molecule has 0 aromatic heterocycles. The Balaban J connectivity index is 1.54. The largest absolute Gasteiger partial charge is 0.493 e. The molecule has 2 amide bonds. The fraction of sp³-hybridized carbons (Fsp3) is 0.381. The maximum atomic E-state index is 12.9. The van der Waals surface area contributed by atoms with Crippen LogP contribution in [0.2, 0.25) is 0 Å². The second-order valence-electron chi connectivity index (χ2n) is 6.93. The number of carbonyl (C=O) groups excluding carboxylic acids is 1. The molecule has 2 heterocycles. The Labute approximate surface area is 159 Å². The first kappa shape index (κ1) is 17.7. The highest BCUT2D eigenvalue weighted by Gasteiger charge is 2.29. The highest BCUT2D eigenvalue weighted by atomic mass is 16.5. The van der Waals surface area contributed by atoms with Crippen molar-refractivity contribution in [2.24, 2.45) is 0 Å². The number of benzene rings is 2. The highest BCUT2D eigenvalue weighted by Crippen LogP contribution is 2.38. The van der Waals surface area contributed by atoms with E-state index >= 15 is 0 Å². The van der Waals surface area contributed by atoms with E-state index in [9.17, 15) is 4.79 Å². The maximum absolute atomic E-state index is 12.9. The molecule has 0 saturated carbocycles. The predicted octanol–water partition coefficient (Wildman–Crippen LogP) is 3.89. The molecule has 0 bridgehead atoms. The molecule has 4 rings (SSSR count). The van der Waals surface area contributed by atoms with E-state index in [2.05, 4.69) is 5.32 Å². The van der Waals surface area contributed by atoms with Crippen molar-refractivity contribution in [2.75, 3.05) is 26.1 Å². The zero-order chi connectivity index (χ0) is 19.0. The maximum Gasteiger partial charge on any atom is 0.322 e. The van der Waals surface area contributed by atoms with Crippen molar-refractivity contribution in [3.8, 4) is 11.5 Å². The molecular formula is C21H24N2O4. The summed E-state index contributed by atoms with van der Waals surface area (Å²) < 4.78 is 16.3. The second-order valence-corrected chi connectivity index (χ2v) is 6.93. The fourth-order valence-corrected chi connectivity index (χ4v) is 3.87. The Morgan fingerprint density at radius 1 is 1.07 bits per heavy atom. The van der Waals surface area contributed by atoms with Gasteiger partial charge in [0, 0.05) is 12.2 Å². The SMILES string of the molecule is COc1cc2c(cc1OC)[C@@H](C)N(C(=O)Nc1ccc3c(c1)COC3)CC2. The van der Waals surface area contributed by atoms with Gasteiger partial charge >= 0.3 is 6.03 Å². The van der Waals surface area contributed by atoms with Crippen LogP contribution in [0.25, 0.3) is 0 Å². The van der Waals surface area contributed by atoms with Gasteiger partial charge in [-0.2, -0.15) is 0 Å². The first-order valence-corrected chi connectivity index (χ1v) is 9.12. The molecule has 142 valence electrons. The average Bonchev–Trinajstić information content (AvgIpc) is 3.15.